The smallest absolute Gasteiger partial charge is 0.250 e. The minimum Gasteiger partial charge on any atom is -0.344 e. The van der Waals surface area contributed by atoms with Gasteiger partial charge in [0, 0.05) is 50.3 Å². The summed E-state index contributed by atoms with van der Waals surface area (Å²) >= 11 is 4.83. The van der Waals surface area contributed by atoms with Crippen LogP contribution in [-0.2, 0) is 11.8 Å². The first-order valence-corrected chi connectivity index (χ1v) is 11.4. The zero-order valence-corrected chi connectivity index (χ0v) is 19.1. The molecule has 0 aliphatic carbocycles. The van der Waals surface area contributed by atoms with Gasteiger partial charge in [0.1, 0.15) is 0 Å². The average Bonchev–Trinajstić information content (AvgIpc) is 3.36. The fourth-order valence-electron chi connectivity index (χ4n) is 3.68. The van der Waals surface area contributed by atoms with Crippen LogP contribution < -0.4 is 5.32 Å². The molecule has 5 aromatic rings. The van der Waals surface area contributed by atoms with Crippen molar-refractivity contribution in [2.24, 2.45) is 7.05 Å². The molecule has 0 atom stereocenters. The van der Waals surface area contributed by atoms with Crippen LogP contribution in [-0.4, -0.2) is 15.5 Å². The van der Waals surface area contributed by atoms with E-state index in [1.54, 1.807) is 6.08 Å². The lowest BCUT2D eigenvalue weighted by Gasteiger charge is -2.00. The number of rotatable bonds is 4. The third kappa shape index (κ3) is 3.92. The van der Waals surface area contributed by atoms with Crippen LogP contribution in [0.5, 0.6) is 0 Å². The molecule has 0 spiro atoms. The molecular formula is C25H18BrN3OS. The third-order valence-corrected chi connectivity index (χ3v) is 6.53. The maximum Gasteiger partial charge on any atom is 0.250 e. The number of aromatic nitrogens is 2. The standard InChI is InChI=1S/C25H18BrN3OS/c1-29-22-5-3-2-4-19(22)20-14-17(9-12-23(20)29)21-15-31-25(27-21)28-24(30)13-8-16-6-10-18(26)11-7-16/h2-15H,1H3,(H,27,28,30)/b13-8+. The van der Waals surface area contributed by atoms with Gasteiger partial charge in [-0.05, 0) is 42.0 Å². The van der Waals surface area contributed by atoms with Gasteiger partial charge in [0.25, 0.3) is 0 Å². The number of amides is 1. The number of fused-ring (bicyclic) bond motifs is 3. The molecule has 2 aromatic heterocycles. The van der Waals surface area contributed by atoms with Crippen LogP contribution in [0, 0.1) is 0 Å². The number of hydrogen-bond acceptors (Lipinski definition) is 3. The molecule has 3 aromatic carbocycles. The van der Waals surface area contributed by atoms with Crippen molar-refractivity contribution < 1.29 is 4.79 Å². The van der Waals surface area contributed by atoms with Crippen LogP contribution in [0.3, 0.4) is 0 Å². The van der Waals surface area contributed by atoms with Gasteiger partial charge >= 0.3 is 0 Å². The van der Waals surface area contributed by atoms with Gasteiger partial charge in [0.15, 0.2) is 5.13 Å². The van der Waals surface area contributed by atoms with E-state index in [4.69, 9.17) is 0 Å². The number of aryl methyl sites for hydroxylation is 1. The second-order valence-electron chi connectivity index (χ2n) is 7.22. The number of para-hydroxylation sites is 1. The Bertz CT molecular complexity index is 1450. The second-order valence-corrected chi connectivity index (χ2v) is 8.99. The van der Waals surface area contributed by atoms with Gasteiger partial charge in [-0.15, -0.1) is 11.3 Å². The Morgan fingerprint density at radius 3 is 2.65 bits per heavy atom. The number of hydrogen-bond donors (Lipinski definition) is 1. The van der Waals surface area contributed by atoms with E-state index < -0.39 is 0 Å². The maximum absolute atomic E-state index is 12.3. The molecule has 0 aliphatic heterocycles. The summed E-state index contributed by atoms with van der Waals surface area (Å²) in [5.41, 5.74) is 5.24. The van der Waals surface area contributed by atoms with Crippen molar-refractivity contribution in [2.75, 3.05) is 5.32 Å². The molecule has 0 fully saturated rings. The Balaban J connectivity index is 1.37. The summed E-state index contributed by atoms with van der Waals surface area (Å²) in [6.45, 7) is 0. The molecule has 0 bridgehead atoms. The molecule has 2 heterocycles. The van der Waals surface area contributed by atoms with Gasteiger partial charge in [0.05, 0.1) is 5.69 Å². The van der Waals surface area contributed by atoms with Crippen LogP contribution in [0.4, 0.5) is 5.13 Å². The van der Waals surface area contributed by atoms with E-state index >= 15 is 0 Å². The topological polar surface area (TPSA) is 46.9 Å². The molecule has 5 rings (SSSR count). The highest BCUT2D eigenvalue weighted by atomic mass is 79.9. The van der Waals surface area contributed by atoms with Crippen molar-refractivity contribution in [2.45, 2.75) is 0 Å². The molecule has 4 nitrogen and oxygen atoms in total. The Hall–Kier alpha value is -3.22. The predicted octanol–water partition coefficient (Wildman–Crippen LogP) is 6.87. The van der Waals surface area contributed by atoms with E-state index in [2.05, 4.69) is 80.3 Å². The monoisotopic (exact) mass is 487 g/mol. The van der Waals surface area contributed by atoms with E-state index in [9.17, 15) is 4.79 Å². The fourth-order valence-corrected chi connectivity index (χ4v) is 4.67. The first-order chi connectivity index (χ1) is 15.1. The first kappa shape index (κ1) is 19.7. The number of carbonyl (C=O) groups excluding carboxylic acids is 1. The van der Waals surface area contributed by atoms with Crippen LogP contribution >= 0.6 is 27.3 Å². The van der Waals surface area contributed by atoms with Crippen molar-refractivity contribution in [3.05, 3.63) is 88.2 Å². The first-order valence-electron chi connectivity index (χ1n) is 9.76. The van der Waals surface area contributed by atoms with Gasteiger partial charge in [0.2, 0.25) is 5.91 Å². The van der Waals surface area contributed by atoms with Crippen LogP contribution in [0.1, 0.15) is 5.56 Å². The van der Waals surface area contributed by atoms with Gasteiger partial charge < -0.3 is 4.57 Å². The molecule has 0 aliphatic rings. The summed E-state index contributed by atoms with van der Waals surface area (Å²) in [5, 5.41) is 7.83. The lowest BCUT2D eigenvalue weighted by molar-refractivity contribution is -0.111. The Kier molecular flexibility index (Phi) is 5.18. The van der Waals surface area contributed by atoms with Gasteiger partial charge in [-0.2, -0.15) is 0 Å². The maximum atomic E-state index is 12.3. The van der Waals surface area contributed by atoms with Gasteiger partial charge in [-0.3, -0.25) is 10.1 Å². The summed E-state index contributed by atoms with van der Waals surface area (Å²) in [7, 11) is 2.09. The fraction of sp³-hybridized carbons (Fsp3) is 0.0400. The molecule has 0 radical (unpaired) electrons. The summed E-state index contributed by atoms with van der Waals surface area (Å²) in [6.07, 6.45) is 3.30. The molecule has 1 amide bonds. The van der Waals surface area contributed by atoms with Crippen molar-refractivity contribution >= 4 is 66.2 Å². The van der Waals surface area contributed by atoms with E-state index in [0.29, 0.717) is 5.13 Å². The zero-order valence-electron chi connectivity index (χ0n) is 16.7. The normalized spacial score (nSPS) is 11.5. The molecule has 1 N–H and O–H groups in total. The second kappa shape index (κ2) is 8.13. The molecule has 152 valence electrons. The minimum atomic E-state index is -0.201. The average molecular weight is 488 g/mol. The SMILES string of the molecule is Cn1c2ccccc2c2cc(-c3csc(NC(=O)/C=C/c4ccc(Br)cc4)n3)ccc21. The summed E-state index contributed by atoms with van der Waals surface area (Å²) < 4.78 is 3.21. The molecular weight excluding hydrogens is 470 g/mol. The Labute approximate surface area is 192 Å². The highest BCUT2D eigenvalue weighted by Gasteiger charge is 2.11. The van der Waals surface area contributed by atoms with Gasteiger partial charge in [-0.25, -0.2) is 4.98 Å². The summed E-state index contributed by atoms with van der Waals surface area (Å²) in [5.74, 6) is -0.201. The third-order valence-electron chi connectivity index (χ3n) is 5.24. The number of nitrogens with one attached hydrogen (secondary N) is 1. The van der Waals surface area contributed by atoms with Crippen molar-refractivity contribution in [3.8, 4) is 11.3 Å². The predicted molar refractivity (Wildman–Crippen MR) is 133 cm³/mol. The number of thiazole rings is 1. The molecule has 0 saturated carbocycles. The van der Waals surface area contributed by atoms with Crippen LogP contribution in [0.2, 0.25) is 0 Å². The Morgan fingerprint density at radius 1 is 1.03 bits per heavy atom. The minimum absolute atomic E-state index is 0.201. The van der Waals surface area contributed by atoms with Gasteiger partial charge in [-0.1, -0.05) is 52.3 Å². The van der Waals surface area contributed by atoms with Crippen LogP contribution in [0.25, 0.3) is 39.1 Å². The quantitative estimate of drug-likeness (QED) is 0.281. The van der Waals surface area contributed by atoms with Crippen molar-refractivity contribution in [1.82, 2.24) is 9.55 Å². The number of anilines is 1. The van der Waals surface area contributed by atoms with Crippen molar-refractivity contribution in [1.29, 1.82) is 0 Å². The highest BCUT2D eigenvalue weighted by molar-refractivity contribution is 9.10. The number of benzene rings is 3. The van der Waals surface area contributed by atoms with E-state index in [0.717, 1.165) is 21.3 Å². The van der Waals surface area contributed by atoms with E-state index in [1.807, 2.05) is 29.6 Å². The van der Waals surface area contributed by atoms with E-state index in [-0.39, 0.29) is 5.91 Å². The lowest BCUT2D eigenvalue weighted by atomic mass is 10.1. The number of halogens is 1. The highest BCUT2D eigenvalue weighted by Crippen LogP contribution is 2.33. The van der Waals surface area contributed by atoms with Crippen LogP contribution in [0.15, 0.2) is 82.7 Å². The largest absolute Gasteiger partial charge is 0.344 e. The lowest BCUT2D eigenvalue weighted by Crippen LogP contribution is -2.07. The molecule has 0 saturated heterocycles. The molecule has 6 heteroatoms. The zero-order chi connectivity index (χ0) is 21.4. The Morgan fingerprint density at radius 2 is 1.81 bits per heavy atom. The van der Waals surface area contributed by atoms with Crippen molar-refractivity contribution in [3.63, 3.8) is 0 Å². The number of nitrogens with zero attached hydrogens (tertiary/aromatic N) is 2. The summed E-state index contributed by atoms with van der Waals surface area (Å²) in [6, 6.07) is 22.5. The van der Waals surface area contributed by atoms with E-state index in [1.165, 1.54) is 39.2 Å². The molecule has 31 heavy (non-hydrogen) atoms. The number of carbonyl (C=O) groups is 1. The molecule has 0 unspecified atom stereocenters. The summed E-state index contributed by atoms with van der Waals surface area (Å²) in [4.78, 5) is 16.9.